The van der Waals surface area contributed by atoms with Gasteiger partial charge in [0.05, 0.1) is 28.7 Å². The first-order valence-corrected chi connectivity index (χ1v) is 15.2. The molecule has 1 N–H and O–H groups in total. The third kappa shape index (κ3) is 5.26. The Hall–Kier alpha value is -3.49. The average Bonchev–Trinajstić information content (AvgIpc) is 3.46. The quantitative estimate of drug-likeness (QED) is 0.341. The highest BCUT2D eigenvalue weighted by Crippen LogP contribution is 2.42. The summed E-state index contributed by atoms with van der Waals surface area (Å²) in [5, 5.41) is 6.10. The van der Waals surface area contributed by atoms with Gasteiger partial charge in [0, 0.05) is 43.8 Å². The molecule has 7 rings (SSSR count). The number of amides is 1. The van der Waals surface area contributed by atoms with Crippen LogP contribution in [0.4, 0.5) is 0 Å². The summed E-state index contributed by atoms with van der Waals surface area (Å²) in [6, 6.07) is 14.9. The lowest BCUT2D eigenvalue weighted by Gasteiger charge is -2.47. The lowest BCUT2D eigenvalue weighted by Crippen LogP contribution is -2.48. The number of nitrogens with zero attached hydrogens (tertiary/aromatic N) is 4. The van der Waals surface area contributed by atoms with Crippen molar-refractivity contribution < 1.29 is 9.53 Å². The molecule has 3 saturated heterocycles. The zero-order chi connectivity index (χ0) is 28.0. The number of hydrogen-bond donors (Lipinski definition) is 1. The molecule has 8 heteroatoms. The van der Waals surface area contributed by atoms with Gasteiger partial charge in [-0.1, -0.05) is 37.8 Å². The topological polar surface area (TPSA) is 83.5 Å². The first-order chi connectivity index (χ1) is 20.0. The minimum atomic E-state index is -0.138. The normalized spacial score (nSPS) is 19.8. The molecule has 1 spiro atoms. The predicted octanol–water partition coefficient (Wildman–Crippen LogP) is 5.69. The molecular weight excluding hydrogens is 526 g/mol. The van der Waals surface area contributed by atoms with E-state index in [4.69, 9.17) is 4.74 Å². The molecule has 3 aliphatic rings. The second-order valence-corrected chi connectivity index (χ2v) is 12.4. The van der Waals surface area contributed by atoms with Crippen LogP contribution in [0.1, 0.15) is 73.5 Å². The molecule has 1 amide bonds. The third-order valence-corrected chi connectivity index (χ3v) is 9.95. The van der Waals surface area contributed by atoms with Gasteiger partial charge in [-0.3, -0.25) is 19.2 Å². The van der Waals surface area contributed by atoms with E-state index in [1.165, 1.54) is 18.4 Å². The second kappa shape index (κ2) is 11.7. The van der Waals surface area contributed by atoms with Crippen LogP contribution in [-0.4, -0.2) is 69.9 Å². The number of carbonyl (C=O) groups is 1. The van der Waals surface area contributed by atoms with Crippen molar-refractivity contribution in [2.24, 2.45) is 5.41 Å². The van der Waals surface area contributed by atoms with Crippen LogP contribution in [-0.2, 0) is 11.3 Å². The molecule has 222 valence electrons. The molecule has 0 aliphatic carbocycles. The van der Waals surface area contributed by atoms with E-state index in [0.717, 1.165) is 86.0 Å². The summed E-state index contributed by atoms with van der Waals surface area (Å²) in [5.41, 5.74) is 4.79. The van der Waals surface area contributed by atoms with Crippen LogP contribution in [0.2, 0.25) is 0 Å². The van der Waals surface area contributed by atoms with Crippen molar-refractivity contribution in [2.45, 2.75) is 65.5 Å². The summed E-state index contributed by atoms with van der Waals surface area (Å²) >= 11 is 0. The van der Waals surface area contributed by atoms with Crippen LogP contribution in [0.25, 0.3) is 21.8 Å². The maximum absolute atomic E-state index is 13.9. The minimum absolute atomic E-state index is 0. The SMILES string of the molecule is C.Cc1cc2[nH]c(=O)c3cnn(C4CCOCC4)c3c2cc1C(=O)N1CCC2(CCN(Cc3ccccc3)CC2)CC1. The number of aryl methyl sites for hydroxylation is 1. The highest BCUT2D eigenvalue weighted by Gasteiger charge is 2.39. The van der Waals surface area contributed by atoms with Crippen LogP contribution in [0.5, 0.6) is 0 Å². The van der Waals surface area contributed by atoms with Crippen LogP contribution in [0, 0.1) is 12.3 Å². The largest absolute Gasteiger partial charge is 0.381 e. The number of ether oxygens (including phenoxy) is 1. The van der Waals surface area contributed by atoms with E-state index < -0.39 is 0 Å². The zero-order valence-corrected chi connectivity index (χ0v) is 23.9. The molecule has 2 aromatic heterocycles. The Morgan fingerprint density at radius 2 is 1.69 bits per heavy atom. The van der Waals surface area contributed by atoms with Gasteiger partial charge in [-0.25, -0.2) is 0 Å². The highest BCUT2D eigenvalue weighted by atomic mass is 16.5. The Balaban J connectivity index is 0.00000316. The molecule has 0 saturated carbocycles. The van der Waals surface area contributed by atoms with Gasteiger partial charge < -0.3 is 14.6 Å². The summed E-state index contributed by atoms with van der Waals surface area (Å²) < 4.78 is 7.56. The van der Waals surface area contributed by atoms with Gasteiger partial charge in [-0.05, 0) is 87.2 Å². The van der Waals surface area contributed by atoms with Crippen LogP contribution in [0.15, 0.2) is 53.5 Å². The summed E-state index contributed by atoms with van der Waals surface area (Å²) in [4.78, 5) is 34.5. The second-order valence-electron chi connectivity index (χ2n) is 12.4. The molecule has 0 unspecified atom stereocenters. The van der Waals surface area contributed by atoms with Crippen LogP contribution >= 0.6 is 0 Å². The van der Waals surface area contributed by atoms with E-state index in [-0.39, 0.29) is 24.9 Å². The number of likely N-dealkylation sites (tertiary alicyclic amines) is 2. The van der Waals surface area contributed by atoms with Crippen molar-refractivity contribution in [2.75, 3.05) is 39.4 Å². The van der Waals surface area contributed by atoms with E-state index >= 15 is 0 Å². The average molecular weight is 570 g/mol. The fourth-order valence-electron chi connectivity index (χ4n) is 7.31. The number of rotatable bonds is 4. The molecule has 0 atom stereocenters. The number of piperidine rings is 2. The molecule has 0 bridgehead atoms. The number of hydrogen-bond acceptors (Lipinski definition) is 5. The smallest absolute Gasteiger partial charge is 0.259 e. The summed E-state index contributed by atoms with van der Waals surface area (Å²) in [6.07, 6.45) is 7.94. The van der Waals surface area contributed by atoms with E-state index in [2.05, 4.69) is 50.2 Å². The summed E-state index contributed by atoms with van der Waals surface area (Å²) in [6.45, 7) is 8.23. The van der Waals surface area contributed by atoms with Gasteiger partial charge >= 0.3 is 0 Å². The van der Waals surface area contributed by atoms with Gasteiger partial charge in [0.1, 0.15) is 0 Å². The molecule has 3 aliphatic heterocycles. The van der Waals surface area contributed by atoms with Gasteiger partial charge in [0.2, 0.25) is 0 Å². The molecular formula is C34H43N5O3. The molecule has 3 fully saturated rings. The first-order valence-electron chi connectivity index (χ1n) is 15.2. The fourth-order valence-corrected chi connectivity index (χ4v) is 7.31. The van der Waals surface area contributed by atoms with Gasteiger partial charge in [-0.2, -0.15) is 5.10 Å². The molecule has 4 aromatic rings. The van der Waals surface area contributed by atoms with E-state index in [9.17, 15) is 9.59 Å². The Labute approximate surface area is 247 Å². The fraction of sp³-hybridized carbons (Fsp3) is 0.500. The van der Waals surface area contributed by atoms with Crippen molar-refractivity contribution in [1.29, 1.82) is 0 Å². The monoisotopic (exact) mass is 569 g/mol. The van der Waals surface area contributed by atoms with Crippen molar-refractivity contribution in [1.82, 2.24) is 24.6 Å². The first kappa shape index (κ1) is 28.6. The van der Waals surface area contributed by atoms with Crippen molar-refractivity contribution in [3.63, 3.8) is 0 Å². The number of nitrogens with one attached hydrogen (secondary N) is 1. The molecule has 2 aromatic carbocycles. The molecule has 8 nitrogen and oxygen atoms in total. The standard InChI is InChI=1S/C33H39N5O3.CH4/c1-23-19-29-27(30-28(31(39)35-29)21-34-38(30)25-7-17-41-18-8-25)20-26(23)32(40)37-15-11-33(12-16-37)9-13-36(14-10-33)22-24-5-3-2-4-6-24;/h2-6,19-21,25H,7-18,22H2,1H3,(H,35,39);1H4. The number of fused-ring (bicyclic) bond motifs is 3. The number of aromatic nitrogens is 3. The number of H-pyrrole nitrogens is 1. The molecule has 42 heavy (non-hydrogen) atoms. The maximum Gasteiger partial charge on any atom is 0.259 e. The number of aromatic amines is 1. The zero-order valence-electron chi connectivity index (χ0n) is 23.9. The summed E-state index contributed by atoms with van der Waals surface area (Å²) in [7, 11) is 0. The van der Waals surface area contributed by atoms with Crippen LogP contribution in [0.3, 0.4) is 0 Å². The van der Waals surface area contributed by atoms with Crippen molar-refractivity contribution >= 4 is 27.7 Å². The lowest BCUT2D eigenvalue weighted by atomic mass is 9.71. The lowest BCUT2D eigenvalue weighted by molar-refractivity contribution is 0.0285. The van der Waals surface area contributed by atoms with E-state index in [1.807, 2.05) is 23.7 Å². The molecule has 5 heterocycles. The summed E-state index contributed by atoms with van der Waals surface area (Å²) in [5.74, 6) is 0.0947. The number of carbonyl (C=O) groups excluding carboxylic acids is 1. The molecule has 0 radical (unpaired) electrons. The van der Waals surface area contributed by atoms with Gasteiger partial charge in [0.25, 0.3) is 11.5 Å². The van der Waals surface area contributed by atoms with Crippen molar-refractivity contribution in [3.05, 3.63) is 75.7 Å². The van der Waals surface area contributed by atoms with E-state index in [1.54, 1.807) is 6.20 Å². The predicted molar refractivity (Wildman–Crippen MR) is 167 cm³/mol. The highest BCUT2D eigenvalue weighted by molar-refractivity contribution is 6.07. The minimum Gasteiger partial charge on any atom is -0.381 e. The van der Waals surface area contributed by atoms with E-state index in [0.29, 0.717) is 24.0 Å². The van der Waals surface area contributed by atoms with Gasteiger partial charge in [0.15, 0.2) is 0 Å². The Morgan fingerprint density at radius 1 is 1.00 bits per heavy atom. The Morgan fingerprint density at radius 3 is 2.40 bits per heavy atom. The maximum atomic E-state index is 13.9. The van der Waals surface area contributed by atoms with Crippen LogP contribution < -0.4 is 5.56 Å². The number of pyridine rings is 1. The van der Waals surface area contributed by atoms with Crippen molar-refractivity contribution in [3.8, 4) is 0 Å². The Bertz CT molecular complexity index is 1620. The number of benzene rings is 2. The van der Waals surface area contributed by atoms with Gasteiger partial charge in [-0.15, -0.1) is 0 Å². The Kier molecular flexibility index (Phi) is 7.94. The third-order valence-electron chi connectivity index (χ3n) is 9.95.